The third kappa shape index (κ3) is 4.43. The van der Waals surface area contributed by atoms with E-state index in [0.717, 1.165) is 11.3 Å². The number of piperazine rings is 1. The maximum absolute atomic E-state index is 12.1. The summed E-state index contributed by atoms with van der Waals surface area (Å²) in [6.07, 6.45) is 4.99. The molecule has 132 valence electrons. The first-order valence-electron chi connectivity index (χ1n) is 8.39. The molecule has 1 saturated heterocycles. The molecule has 1 amide bonds. The predicted molar refractivity (Wildman–Crippen MR) is 95.3 cm³/mol. The van der Waals surface area contributed by atoms with Crippen LogP contribution in [0.4, 0.5) is 10.7 Å². The summed E-state index contributed by atoms with van der Waals surface area (Å²) in [6, 6.07) is 5.73. The van der Waals surface area contributed by atoms with Crippen molar-refractivity contribution in [3.8, 4) is 11.3 Å². The van der Waals surface area contributed by atoms with Crippen molar-refractivity contribution in [3.63, 3.8) is 0 Å². The van der Waals surface area contributed by atoms with Gasteiger partial charge in [-0.3, -0.25) is 4.98 Å². The molecule has 0 radical (unpaired) electrons. The summed E-state index contributed by atoms with van der Waals surface area (Å²) in [4.78, 5) is 29.0. The van der Waals surface area contributed by atoms with E-state index in [4.69, 9.17) is 4.74 Å². The van der Waals surface area contributed by atoms with Crippen LogP contribution in [0, 0.1) is 0 Å². The zero-order chi connectivity index (χ0) is 17.9. The van der Waals surface area contributed by atoms with Gasteiger partial charge in [0.2, 0.25) is 5.95 Å². The third-order valence-corrected chi connectivity index (χ3v) is 3.83. The lowest BCUT2D eigenvalue weighted by atomic mass is 10.2. The number of pyridine rings is 1. The minimum absolute atomic E-state index is 0.265. The Balaban J connectivity index is 1.65. The van der Waals surface area contributed by atoms with E-state index in [1.807, 2.05) is 39.0 Å². The zero-order valence-electron chi connectivity index (χ0n) is 14.8. The van der Waals surface area contributed by atoms with Crippen molar-refractivity contribution in [2.24, 2.45) is 0 Å². The number of anilines is 1. The first-order valence-corrected chi connectivity index (χ1v) is 8.39. The number of hydrogen-bond acceptors (Lipinski definition) is 6. The van der Waals surface area contributed by atoms with Crippen LogP contribution in [0.15, 0.2) is 36.8 Å². The van der Waals surface area contributed by atoms with E-state index in [0.29, 0.717) is 32.1 Å². The van der Waals surface area contributed by atoms with Crippen LogP contribution in [0.5, 0.6) is 0 Å². The molecule has 7 heteroatoms. The Morgan fingerprint density at radius 3 is 2.36 bits per heavy atom. The topological polar surface area (TPSA) is 71.5 Å². The van der Waals surface area contributed by atoms with E-state index in [1.54, 1.807) is 23.5 Å². The molecule has 0 saturated carbocycles. The second kappa shape index (κ2) is 7.04. The molecule has 0 atom stereocenters. The Morgan fingerprint density at radius 1 is 1.04 bits per heavy atom. The average Bonchev–Trinajstić information content (AvgIpc) is 2.61. The highest BCUT2D eigenvalue weighted by molar-refractivity contribution is 5.68. The summed E-state index contributed by atoms with van der Waals surface area (Å²) in [6.45, 7) is 8.17. The van der Waals surface area contributed by atoms with Crippen LogP contribution in [-0.4, -0.2) is 57.7 Å². The van der Waals surface area contributed by atoms with Crippen molar-refractivity contribution < 1.29 is 9.53 Å². The Hall–Kier alpha value is -2.70. The maximum atomic E-state index is 12.1. The minimum atomic E-state index is -0.476. The highest BCUT2D eigenvalue weighted by Gasteiger charge is 2.26. The summed E-state index contributed by atoms with van der Waals surface area (Å²) >= 11 is 0. The first kappa shape index (κ1) is 17.1. The standard InChI is InChI=1S/C18H23N5O2/c1-18(2,3)25-17(24)23-12-10-22(11-13-23)16-20-9-6-15(21-16)14-4-7-19-8-5-14/h4-9H,10-13H2,1-3H3. The number of hydrogen-bond donors (Lipinski definition) is 0. The second-order valence-corrected chi connectivity index (χ2v) is 6.93. The molecule has 0 spiro atoms. The van der Waals surface area contributed by atoms with Crippen LogP contribution < -0.4 is 4.90 Å². The van der Waals surface area contributed by atoms with Gasteiger partial charge in [0.05, 0.1) is 5.69 Å². The van der Waals surface area contributed by atoms with Crippen LogP contribution >= 0.6 is 0 Å². The van der Waals surface area contributed by atoms with Gasteiger partial charge in [-0.2, -0.15) is 0 Å². The van der Waals surface area contributed by atoms with Crippen molar-refractivity contribution in [2.45, 2.75) is 26.4 Å². The van der Waals surface area contributed by atoms with E-state index in [9.17, 15) is 4.79 Å². The van der Waals surface area contributed by atoms with Crippen LogP contribution in [-0.2, 0) is 4.74 Å². The van der Waals surface area contributed by atoms with E-state index in [1.165, 1.54) is 0 Å². The van der Waals surface area contributed by atoms with Gasteiger partial charge in [-0.15, -0.1) is 0 Å². The number of amides is 1. The maximum Gasteiger partial charge on any atom is 0.410 e. The fourth-order valence-corrected chi connectivity index (χ4v) is 2.60. The van der Waals surface area contributed by atoms with Crippen molar-refractivity contribution in [2.75, 3.05) is 31.1 Å². The average molecular weight is 341 g/mol. The second-order valence-electron chi connectivity index (χ2n) is 6.93. The smallest absolute Gasteiger partial charge is 0.410 e. The molecule has 2 aromatic heterocycles. The molecule has 1 fully saturated rings. The molecule has 0 bridgehead atoms. The van der Waals surface area contributed by atoms with E-state index >= 15 is 0 Å². The molecular weight excluding hydrogens is 318 g/mol. The number of aromatic nitrogens is 3. The minimum Gasteiger partial charge on any atom is -0.444 e. The summed E-state index contributed by atoms with van der Waals surface area (Å²) in [5.41, 5.74) is 1.39. The summed E-state index contributed by atoms with van der Waals surface area (Å²) in [7, 11) is 0. The number of nitrogens with zero attached hydrogens (tertiary/aromatic N) is 5. The van der Waals surface area contributed by atoms with Gasteiger partial charge in [0.1, 0.15) is 5.60 Å². The summed E-state index contributed by atoms with van der Waals surface area (Å²) in [5, 5.41) is 0. The lowest BCUT2D eigenvalue weighted by molar-refractivity contribution is 0.0240. The molecule has 25 heavy (non-hydrogen) atoms. The fourth-order valence-electron chi connectivity index (χ4n) is 2.60. The molecule has 0 aromatic carbocycles. The fraction of sp³-hybridized carbons (Fsp3) is 0.444. The van der Waals surface area contributed by atoms with Gasteiger partial charge in [-0.25, -0.2) is 14.8 Å². The Labute approximate surface area is 147 Å². The number of carbonyl (C=O) groups excluding carboxylic acids is 1. The SMILES string of the molecule is CC(C)(C)OC(=O)N1CCN(c2nccc(-c3ccncc3)n2)CC1. The molecule has 7 nitrogen and oxygen atoms in total. The van der Waals surface area contributed by atoms with Gasteiger partial charge in [-0.1, -0.05) is 0 Å². The van der Waals surface area contributed by atoms with Gasteiger partial charge < -0.3 is 14.5 Å². The molecule has 0 N–H and O–H groups in total. The van der Waals surface area contributed by atoms with Crippen molar-refractivity contribution in [1.82, 2.24) is 19.9 Å². The summed E-state index contributed by atoms with van der Waals surface area (Å²) in [5.74, 6) is 0.679. The molecule has 0 unspecified atom stereocenters. The highest BCUT2D eigenvalue weighted by Crippen LogP contribution is 2.19. The molecule has 0 aliphatic carbocycles. The van der Waals surface area contributed by atoms with Gasteiger partial charge >= 0.3 is 6.09 Å². The number of rotatable bonds is 2. The van der Waals surface area contributed by atoms with E-state index in [2.05, 4.69) is 19.9 Å². The van der Waals surface area contributed by atoms with Gasteiger partial charge in [0.25, 0.3) is 0 Å². The molecule has 1 aliphatic heterocycles. The van der Waals surface area contributed by atoms with Crippen LogP contribution in [0.2, 0.25) is 0 Å². The number of carbonyl (C=O) groups is 1. The van der Waals surface area contributed by atoms with Crippen molar-refractivity contribution >= 4 is 12.0 Å². The van der Waals surface area contributed by atoms with Gasteiger partial charge in [0, 0.05) is 50.3 Å². The first-order chi connectivity index (χ1) is 11.9. The van der Waals surface area contributed by atoms with Gasteiger partial charge in [0.15, 0.2) is 0 Å². The Kier molecular flexibility index (Phi) is 4.83. The largest absolute Gasteiger partial charge is 0.444 e. The third-order valence-electron chi connectivity index (χ3n) is 3.83. The molecular formula is C18H23N5O2. The summed E-state index contributed by atoms with van der Waals surface area (Å²) < 4.78 is 5.43. The van der Waals surface area contributed by atoms with Crippen LogP contribution in [0.25, 0.3) is 11.3 Å². The van der Waals surface area contributed by atoms with E-state index < -0.39 is 5.60 Å². The number of ether oxygens (including phenoxy) is 1. The monoisotopic (exact) mass is 341 g/mol. The lowest BCUT2D eigenvalue weighted by Gasteiger charge is -2.35. The van der Waals surface area contributed by atoms with Crippen molar-refractivity contribution in [1.29, 1.82) is 0 Å². The molecule has 3 heterocycles. The zero-order valence-corrected chi connectivity index (χ0v) is 14.8. The predicted octanol–water partition coefficient (Wildman–Crippen LogP) is 2.60. The lowest BCUT2D eigenvalue weighted by Crippen LogP contribution is -2.50. The molecule has 2 aromatic rings. The van der Waals surface area contributed by atoms with Crippen LogP contribution in [0.1, 0.15) is 20.8 Å². The molecule has 3 rings (SSSR count). The normalized spacial score (nSPS) is 15.2. The van der Waals surface area contributed by atoms with E-state index in [-0.39, 0.29) is 6.09 Å². The highest BCUT2D eigenvalue weighted by atomic mass is 16.6. The van der Waals surface area contributed by atoms with Crippen molar-refractivity contribution in [3.05, 3.63) is 36.8 Å². The Bertz CT molecular complexity index is 722. The Morgan fingerprint density at radius 2 is 1.72 bits per heavy atom. The quantitative estimate of drug-likeness (QED) is 0.836. The van der Waals surface area contributed by atoms with Crippen LogP contribution in [0.3, 0.4) is 0 Å². The van der Waals surface area contributed by atoms with Gasteiger partial charge in [-0.05, 0) is 39.0 Å². The molecule has 1 aliphatic rings.